The molecule has 0 spiro atoms. The van der Waals surface area contributed by atoms with Crippen molar-refractivity contribution in [1.29, 1.82) is 0 Å². The first kappa shape index (κ1) is 7.50. The van der Waals surface area contributed by atoms with Gasteiger partial charge in [0.05, 0.1) is 0 Å². The van der Waals surface area contributed by atoms with Gasteiger partial charge in [-0.25, -0.2) is 9.67 Å². The summed E-state index contributed by atoms with van der Waals surface area (Å²) < 4.78 is 6.41. The molecule has 4 nitrogen and oxygen atoms in total. The van der Waals surface area contributed by atoms with Gasteiger partial charge in [0.2, 0.25) is 5.28 Å². The molecule has 56 valence electrons. The fraction of sp³-hybridized carbons (Fsp3) is 0.600. The van der Waals surface area contributed by atoms with E-state index in [-0.39, 0.29) is 5.28 Å². The van der Waals surface area contributed by atoms with Crippen LogP contribution in [0, 0.1) is 6.92 Å². The molecule has 0 amide bonds. The Hall–Kier alpha value is -0.610. The number of methoxy groups -OCH3 is 1. The first-order chi connectivity index (χ1) is 4.74. The van der Waals surface area contributed by atoms with Gasteiger partial charge in [0.25, 0.3) is 0 Å². The van der Waals surface area contributed by atoms with Crippen LogP contribution < -0.4 is 0 Å². The standard InChI is InChI=1S/C5H8ClN3O/c1-4-7-5(6)8-9(4)3-10-2/h3H2,1-2H3. The molecule has 0 aromatic carbocycles. The summed E-state index contributed by atoms with van der Waals surface area (Å²) in [5.74, 6) is 0.756. The van der Waals surface area contributed by atoms with Crippen molar-refractivity contribution in [3.8, 4) is 0 Å². The molecule has 1 heterocycles. The van der Waals surface area contributed by atoms with E-state index in [1.807, 2.05) is 6.92 Å². The molecule has 0 aliphatic rings. The average Bonchev–Trinajstić information content (AvgIpc) is 2.13. The average molecular weight is 162 g/mol. The number of nitrogens with zero attached hydrogens (tertiary/aromatic N) is 3. The molecule has 0 unspecified atom stereocenters. The predicted molar refractivity (Wildman–Crippen MR) is 36.8 cm³/mol. The van der Waals surface area contributed by atoms with Gasteiger partial charge in [-0.05, 0) is 18.5 Å². The van der Waals surface area contributed by atoms with Crippen LogP contribution in [0.5, 0.6) is 0 Å². The molecule has 0 aliphatic heterocycles. The number of halogens is 1. The Bertz CT molecular complexity index is 223. The number of hydrogen-bond acceptors (Lipinski definition) is 3. The van der Waals surface area contributed by atoms with Crippen molar-refractivity contribution < 1.29 is 4.74 Å². The highest BCUT2D eigenvalue weighted by Crippen LogP contribution is 2.01. The van der Waals surface area contributed by atoms with E-state index in [4.69, 9.17) is 16.3 Å². The molecule has 0 aliphatic carbocycles. The second-order valence-electron chi connectivity index (χ2n) is 1.85. The molecule has 0 fully saturated rings. The fourth-order valence-corrected chi connectivity index (χ4v) is 0.844. The molecule has 1 rings (SSSR count). The maximum atomic E-state index is 5.50. The molecular formula is C5H8ClN3O. The lowest BCUT2D eigenvalue weighted by molar-refractivity contribution is 0.118. The summed E-state index contributed by atoms with van der Waals surface area (Å²) >= 11 is 5.50. The molecule has 0 saturated heterocycles. The van der Waals surface area contributed by atoms with Crippen LogP contribution in [0.2, 0.25) is 5.28 Å². The Morgan fingerprint density at radius 3 is 2.80 bits per heavy atom. The zero-order valence-electron chi connectivity index (χ0n) is 5.83. The first-order valence-corrected chi connectivity index (χ1v) is 3.17. The van der Waals surface area contributed by atoms with Gasteiger partial charge in [0, 0.05) is 7.11 Å². The van der Waals surface area contributed by atoms with Gasteiger partial charge in [-0.3, -0.25) is 0 Å². The largest absolute Gasteiger partial charge is 0.362 e. The smallest absolute Gasteiger partial charge is 0.242 e. The van der Waals surface area contributed by atoms with Crippen molar-refractivity contribution in [2.45, 2.75) is 13.7 Å². The summed E-state index contributed by atoms with van der Waals surface area (Å²) in [6.45, 7) is 2.21. The third-order valence-electron chi connectivity index (χ3n) is 1.08. The molecule has 10 heavy (non-hydrogen) atoms. The van der Waals surface area contributed by atoms with E-state index in [9.17, 15) is 0 Å². The third-order valence-corrected chi connectivity index (χ3v) is 1.24. The summed E-state index contributed by atoms with van der Waals surface area (Å²) in [5, 5.41) is 4.10. The quantitative estimate of drug-likeness (QED) is 0.646. The summed E-state index contributed by atoms with van der Waals surface area (Å²) in [5.41, 5.74) is 0. The van der Waals surface area contributed by atoms with Gasteiger partial charge in [0.15, 0.2) is 0 Å². The maximum absolute atomic E-state index is 5.50. The zero-order chi connectivity index (χ0) is 7.56. The maximum Gasteiger partial charge on any atom is 0.242 e. The fourth-order valence-electron chi connectivity index (χ4n) is 0.630. The van der Waals surface area contributed by atoms with E-state index in [0.29, 0.717) is 6.73 Å². The molecule has 0 N–H and O–H groups in total. The molecular weight excluding hydrogens is 154 g/mol. The monoisotopic (exact) mass is 161 g/mol. The van der Waals surface area contributed by atoms with Gasteiger partial charge in [-0.1, -0.05) is 0 Å². The Morgan fingerprint density at radius 2 is 2.40 bits per heavy atom. The van der Waals surface area contributed by atoms with Crippen LogP contribution in [0.4, 0.5) is 0 Å². The van der Waals surface area contributed by atoms with Crippen LogP contribution in [0.3, 0.4) is 0 Å². The lowest BCUT2D eigenvalue weighted by Crippen LogP contribution is -2.03. The zero-order valence-corrected chi connectivity index (χ0v) is 6.59. The first-order valence-electron chi connectivity index (χ1n) is 2.80. The molecule has 0 saturated carbocycles. The van der Waals surface area contributed by atoms with Gasteiger partial charge < -0.3 is 4.74 Å². The van der Waals surface area contributed by atoms with Gasteiger partial charge >= 0.3 is 0 Å². The third kappa shape index (κ3) is 1.46. The number of aryl methyl sites for hydroxylation is 1. The van der Waals surface area contributed by atoms with Crippen molar-refractivity contribution in [2.24, 2.45) is 0 Å². The number of rotatable bonds is 2. The van der Waals surface area contributed by atoms with E-state index < -0.39 is 0 Å². The Labute approximate surface area is 63.8 Å². The van der Waals surface area contributed by atoms with Crippen molar-refractivity contribution in [1.82, 2.24) is 14.8 Å². The van der Waals surface area contributed by atoms with Crippen LogP contribution in [-0.4, -0.2) is 21.9 Å². The number of aromatic nitrogens is 3. The Balaban J connectivity index is 2.81. The molecule has 5 heteroatoms. The van der Waals surface area contributed by atoms with Gasteiger partial charge in [-0.2, -0.15) is 0 Å². The highest BCUT2D eigenvalue weighted by molar-refractivity contribution is 6.28. The lowest BCUT2D eigenvalue weighted by Gasteiger charge is -1.97. The van der Waals surface area contributed by atoms with Crippen molar-refractivity contribution >= 4 is 11.6 Å². The second kappa shape index (κ2) is 2.98. The van der Waals surface area contributed by atoms with Gasteiger partial charge in [0.1, 0.15) is 12.6 Å². The minimum absolute atomic E-state index is 0.259. The minimum Gasteiger partial charge on any atom is -0.362 e. The van der Waals surface area contributed by atoms with E-state index in [1.165, 1.54) is 0 Å². The van der Waals surface area contributed by atoms with Crippen LogP contribution in [0.25, 0.3) is 0 Å². The molecule has 0 radical (unpaired) electrons. The van der Waals surface area contributed by atoms with Crippen molar-refractivity contribution in [2.75, 3.05) is 7.11 Å². The van der Waals surface area contributed by atoms with Crippen LogP contribution in [0.15, 0.2) is 0 Å². The summed E-state index contributed by atoms with van der Waals surface area (Å²) in [4.78, 5) is 3.87. The van der Waals surface area contributed by atoms with E-state index in [0.717, 1.165) is 5.82 Å². The lowest BCUT2D eigenvalue weighted by atomic mass is 10.7. The van der Waals surface area contributed by atoms with Crippen LogP contribution in [0.1, 0.15) is 5.82 Å². The SMILES string of the molecule is COCn1nc(Cl)nc1C. The highest BCUT2D eigenvalue weighted by atomic mass is 35.5. The minimum atomic E-state index is 0.259. The highest BCUT2D eigenvalue weighted by Gasteiger charge is 2.00. The molecule has 1 aromatic rings. The van der Waals surface area contributed by atoms with E-state index in [2.05, 4.69) is 10.1 Å². The Morgan fingerprint density at radius 1 is 1.70 bits per heavy atom. The number of ether oxygens (including phenoxy) is 1. The number of hydrogen-bond donors (Lipinski definition) is 0. The summed E-state index contributed by atoms with van der Waals surface area (Å²) in [6.07, 6.45) is 0. The van der Waals surface area contributed by atoms with Crippen molar-refractivity contribution in [3.63, 3.8) is 0 Å². The summed E-state index contributed by atoms with van der Waals surface area (Å²) in [7, 11) is 1.59. The summed E-state index contributed by atoms with van der Waals surface area (Å²) in [6, 6.07) is 0. The molecule has 0 atom stereocenters. The topological polar surface area (TPSA) is 39.9 Å². The predicted octanol–water partition coefficient (Wildman–Crippen LogP) is 0.844. The van der Waals surface area contributed by atoms with Crippen LogP contribution in [-0.2, 0) is 11.5 Å². The van der Waals surface area contributed by atoms with Crippen LogP contribution >= 0.6 is 11.6 Å². The normalized spacial score (nSPS) is 10.3. The molecule has 0 bridgehead atoms. The van der Waals surface area contributed by atoms with E-state index >= 15 is 0 Å². The molecule has 1 aromatic heterocycles. The van der Waals surface area contributed by atoms with Crippen molar-refractivity contribution in [3.05, 3.63) is 11.1 Å². The van der Waals surface area contributed by atoms with E-state index in [1.54, 1.807) is 11.8 Å². The van der Waals surface area contributed by atoms with Gasteiger partial charge in [-0.15, -0.1) is 5.10 Å². The Kier molecular flexibility index (Phi) is 2.24. The second-order valence-corrected chi connectivity index (χ2v) is 2.18.